The minimum absolute atomic E-state index is 0.0326. The summed E-state index contributed by atoms with van der Waals surface area (Å²) < 4.78 is 10.9. The molecular formula is C19H20O4. The number of hydrogen-bond acceptors (Lipinski definition) is 4. The predicted molar refractivity (Wildman–Crippen MR) is 88.1 cm³/mol. The highest BCUT2D eigenvalue weighted by molar-refractivity contribution is 5.75. The summed E-state index contributed by atoms with van der Waals surface area (Å²) >= 11 is 0. The molecule has 0 spiro atoms. The standard InChI is InChI=1S/C19H20O4/c1-2-12-22-19(21)18(13-15-6-4-3-5-7-15)23-17-10-8-16(14-20)9-11-17/h2-11,18,20H,1,12-14H2/t18-/m0/s1. The Labute approximate surface area is 136 Å². The molecule has 2 aromatic rings. The van der Waals surface area contributed by atoms with Crippen LogP contribution in [0.2, 0.25) is 0 Å². The van der Waals surface area contributed by atoms with Crippen LogP contribution in [0.1, 0.15) is 11.1 Å². The monoisotopic (exact) mass is 312 g/mol. The minimum atomic E-state index is -0.739. The van der Waals surface area contributed by atoms with Gasteiger partial charge in [-0.3, -0.25) is 0 Å². The fourth-order valence-electron chi connectivity index (χ4n) is 2.07. The molecule has 0 fully saturated rings. The van der Waals surface area contributed by atoms with E-state index in [-0.39, 0.29) is 13.2 Å². The number of hydrogen-bond donors (Lipinski definition) is 1. The van der Waals surface area contributed by atoms with E-state index in [2.05, 4.69) is 6.58 Å². The summed E-state index contributed by atoms with van der Waals surface area (Å²) in [4.78, 5) is 12.2. The van der Waals surface area contributed by atoms with E-state index in [0.29, 0.717) is 12.2 Å². The molecule has 2 rings (SSSR count). The van der Waals surface area contributed by atoms with Crippen LogP contribution >= 0.6 is 0 Å². The molecule has 1 N–H and O–H groups in total. The molecule has 0 radical (unpaired) electrons. The lowest BCUT2D eigenvalue weighted by Crippen LogP contribution is -2.31. The first kappa shape index (κ1) is 16.8. The van der Waals surface area contributed by atoms with E-state index in [0.717, 1.165) is 11.1 Å². The minimum Gasteiger partial charge on any atom is -0.478 e. The van der Waals surface area contributed by atoms with Gasteiger partial charge < -0.3 is 14.6 Å². The van der Waals surface area contributed by atoms with Crippen LogP contribution in [-0.2, 0) is 22.6 Å². The second kappa shape index (κ2) is 8.76. The van der Waals surface area contributed by atoms with Crippen LogP contribution in [0.5, 0.6) is 5.75 Å². The van der Waals surface area contributed by atoms with Gasteiger partial charge in [0.1, 0.15) is 12.4 Å². The molecule has 0 aliphatic carbocycles. The van der Waals surface area contributed by atoms with Crippen molar-refractivity contribution in [1.82, 2.24) is 0 Å². The van der Waals surface area contributed by atoms with Gasteiger partial charge >= 0.3 is 5.97 Å². The summed E-state index contributed by atoms with van der Waals surface area (Å²) in [6.45, 7) is 3.65. The Kier molecular flexibility index (Phi) is 6.39. The quantitative estimate of drug-likeness (QED) is 0.601. The molecule has 0 aliphatic heterocycles. The van der Waals surface area contributed by atoms with Crippen LogP contribution in [0.25, 0.3) is 0 Å². The van der Waals surface area contributed by atoms with E-state index in [4.69, 9.17) is 14.6 Å². The number of rotatable bonds is 8. The first-order valence-corrected chi connectivity index (χ1v) is 7.41. The largest absolute Gasteiger partial charge is 0.478 e. The fraction of sp³-hybridized carbons (Fsp3) is 0.211. The smallest absolute Gasteiger partial charge is 0.347 e. The number of carbonyl (C=O) groups is 1. The zero-order chi connectivity index (χ0) is 16.5. The highest BCUT2D eigenvalue weighted by Gasteiger charge is 2.22. The topological polar surface area (TPSA) is 55.8 Å². The van der Waals surface area contributed by atoms with Gasteiger partial charge in [-0.1, -0.05) is 55.1 Å². The molecule has 4 heteroatoms. The van der Waals surface area contributed by atoms with Crippen molar-refractivity contribution in [2.24, 2.45) is 0 Å². The molecule has 0 saturated carbocycles. The molecule has 0 unspecified atom stereocenters. The molecule has 1 atom stereocenters. The highest BCUT2D eigenvalue weighted by atomic mass is 16.6. The second-order valence-electron chi connectivity index (χ2n) is 5.02. The van der Waals surface area contributed by atoms with E-state index in [1.807, 2.05) is 30.3 Å². The van der Waals surface area contributed by atoms with Crippen LogP contribution in [0, 0.1) is 0 Å². The summed E-state index contributed by atoms with van der Waals surface area (Å²) in [7, 11) is 0. The van der Waals surface area contributed by atoms with Crippen molar-refractivity contribution >= 4 is 5.97 Å². The number of aliphatic hydroxyl groups excluding tert-OH is 1. The van der Waals surface area contributed by atoms with E-state index in [9.17, 15) is 4.79 Å². The molecule has 0 amide bonds. The van der Waals surface area contributed by atoms with Gasteiger partial charge in [-0.15, -0.1) is 0 Å². The van der Waals surface area contributed by atoms with Crippen molar-refractivity contribution in [2.75, 3.05) is 6.61 Å². The van der Waals surface area contributed by atoms with Crippen LogP contribution in [0.15, 0.2) is 67.3 Å². The van der Waals surface area contributed by atoms with Gasteiger partial charge in [-0.2, -0.15) is 0 Å². The number of ether oxygens (including phenoxy) is 2. The first-order valence-electron chi connectivity index (χ1n) is 7.41. The number of carbonyl (C=O) groups excluding carboxylic acids is 1. The third-order valence-corrected chi connectivity index (χ3v) is 3.25. The van der Waals surface area contributed by atoms with E-state index < -0.39 is 12.1 Å². The molecule has 4 nitrogen and oxygen atoms in total. The van der Waals surface area contributed by atoms with E-state index in [1.165, 1.54) is 6.08 Å². The molecule has 23 heavy (non-hydrogen) atoms. The van der Waals surface area contributed by atoms with Crippen molar-refractivity contribution in [3.05, 3.63) is 78.4 Å². The van der Waals surface area contributed by atoms with Crippen molar-refractivity contribution in [3.63, 3.8) is 0 Å². The van der Waals surface area contributed by atoms with Gasteiger partial charge in [0.25, 0.3) is 0 Å². The lowest BCUT2D eigenvalue weighted by molar-refractivity contribution is -0.150. The number of aliphatic hydroxyl groups is 1. The van der Waals surface area contributed by atoms with Gasteiger partial charge in [0.2, 0.25) is 0 Å². The van der Waals surface area contributed by atoms with E-state index >= 15 is 0 Å². The Balaban J connectivity index is 2.11. The zero-order valence-corrected chi connectivity index (χ0v) is 12.9. The van der Waals surface area contributed by atoms with Crippen molar-refractivity contribution in [3.8, 4) is 5.75 Å². The summed E-state index contributed by atoms with van der Waals surface area (Å²) in [5, 5.41) is 9.07. The Bertz CT molecular complexity index is 620. The summed E-state index contributed by atoms with van der Waals surface area (Å²) in [6, 6.07) is 16.6. The molecule has 2 aromatic carbocycles. The van der Waals surface area contributed by atoms with Gasteiger partial charge in [-0.25, -0.2) is 4.79 Å². The maximum atomic E-state index is 12.2. The Morgan fingerprint density at radius 1 is 1.09 bits per heavy atom. The highest BCUT2D eigenvalue weighted by Crippen LogP contribution is 2.17. The average Bonchev–Trinajstić information content (AvgIpc) is 2.60. The van der Waals surface area contributed by atoms with Gasteiger partial charge in [0.05, 0.1) is 6.61 Å². The predicted octanol–water partition coefficient (Wildman–Crippen LogP) is 2.90. The molecule has 0 bridgehead atoms. The van der Waals surface area contributed by atoms with Gasteiger partial charge in [0.15, 0.2) is 6.10 Å². The van der Waals surface area contributed by atoms with Gasteiger partial charge in [-0.05, 0) is 23.3 Å². The normalized spacial score (nSPS) is 11.5. The summed E-state index contributed by atoms with van der Waals surface area (Å²) in [6.07, 6.45) is 1.20. The van der Waals surface area contributed by atoms with Crippen LogP contribution in [0.4, 0.5) is 0 Å². The third kappa shape index (κ3) is 5.27. The summed E-state index contributed by atoms with van der Waals surface area (Å²) in [5.74, 6) is 0.124. The second-order valence-corrected chi connectivity index (χ2v) is 5.02. The van der Waals surface area contributed by atoms with Crippen molar-refractivity contribution in [1.29, 1.82) is 0 Å². The van der Waals surface area contributed by atoms with Crippen LogP contribution in [0.3, 0.4) is 0 Å². The maximum absolute atomic E-state index is 12.2. The van der Waals surface area contributed by atoms with Gasteiger partial charge in [0, 0.05) is 6.42 Å². The zero-order valence-electron chi connectivity index (χ0n) is 12.9. The van der Waals surface area contributed by atoms with Crippen molar-refractivity contribution in [2.45, 2.75) is 19.1 Å². The molecule has 0 heterocycles. The molecule has 0 saturated heterocycles. The number of esters is 1. The first-order chi connectivity index (χ1) is 11.2. The van der Waals surface area contributed by atoms with Crippen LogP contribution < -0.4 is 4.74 Å². The number of benzene rings is 2. The molecule has 0 aliphatic rings. The van der Waals surface area contributed by atoms with Crippen LogP contribution in [-0.4, -0.2) is 23.8 Å². The molecule has 0 aromatic heterocycles. The fourth-order valence-corrected chi connectivity index (χ4v) is 2.07. The average molecular weight is 312 g/mol. The Morgan fingerprint density at radius 2 is 1.78 bits per heavy atom. The Morgan fingerprint density at radius 3 is 2.39 bits per heavy atom. The lowest BCUT2D eigenvalue weighted by atomic mass is 10.1. The lowest BCUT2D eigenvalue weighted by Gasteiger charge is -2.18. The maximum Gasteiger partial charge on any atom is 0.347 e. The SMILES string of the molecule is C=CCOC(=O)[C@H](Cc1ccccc1)Oc1ccc(CO)cc1. The third-order valence-electron chi connectivity index (χ3n) is 3.25. The summed E-state index contributed by atoms with van der Waals surface area (Å²) in [5.41, 5.74) is 1.77. The molecule has 120 valence electrons. The Hall–Kier alpha value is -2.59. The molecular weight excluding hydrogens is 292 g/mol. The van der Waals surface area contributed by atoms with E-state index in [1.54, 1.807) is 24.3 Å². The van der Waals surface area contributed by atoms with Crippen molar-refractivity contribution < 1.29 is 19.4 Å².